The molecule has 16 nitrogen and oxygen atoms in total. The molecule has 2 aromatic heterocycles. The minimum atomic E-state index is -4.04. The molecule has 0 bridgehead atoms. The largest absolute Gasteiger partial charge is 0.496 e. The third-order valence-corrected chi connectivity index (χ3v) is 20.2. The number of ether oxygens (including phenoxy) is 2. The summed E-state index contributed by atoms with van der Waals surface area (Å²) < 4.78 is 41.1. The van der Waals surface area contributed by atoms with Gasteiger partial charge in [-0.1, -0.05) is 106 Å². The fourth-order valence-corrected chi connectivity index (χ4v) is 14.0. The molecule has 5 aliphatic rings. The van der Waals surface area contributed by atoms with Crippen molar-refractivity contribution in [2.24, 2.45) is 5.92 Å². The van der Waals surface area contributed by atoms with Gasteiger partial charge in [0, 0.05) is 72.2 Å². The predicted octanol–water partition coefficient (Wildman–Crippen LogP) is 9.57. The molecule has 4 fully saturated rings. The van der Waals surface area contributed by atoms with E-state index in [1.807, 2.05) is 77.9 Å². The van der Waals surface area contributed by atoms with Crippen molar-refractivity contribution in [2.45, 2.75) is 126 Å². The third-order valence-electron chi connectivity index (χ3n) is 17.1. The van der Waals surface area contributed by atoms with Crippen LogP contribution in [-0.4, -0.2) is 125 Å². The highest BCUT2D eigenvalue weighted by Crippen LogP contribution is 2.48. The van der Waals surface area contributed by atoms with E-state index in [1.165, 1.54) is 22.5 Å². The van der Waals surface area contributed by atoms with E-state index in [2.05, 4.69) is 82.6 Å². The summed E-state index contributed by atoms with van der Waals surface area (Å²) in [5.41, 5.74) is 4.96. The van der Waals surface area contributed by atoms with E-state index < -0.39 is 56.2 Å². The van der Waals surface area contributed by atoms with E-state index in [0.29, 0.717) is 103 Å². The van der Waals surface area contributed by atoms with E-state index in [-0.39, 0.29) is 43.2 Å². The Morgan fingerprint density at radius 2 is 1.59 bits per heavy atom. The zero-order valence-corrected chi connectivity index (χ0v) is 48.4. The van der Waals surface area contributed by atoms with Gasteiger partial charge in [-0.3, -0.25) is 28.8 Å². The Hall–Kier alpha value is -7.15. The van der Waals surface area contributed by atoms with E-state index >= 15 is 9.59 Å². The zero-order chi connectivity index (χ0) is 56.6. The number of allylic oxidation sites excluding steroid dienone is 1. The third kappa shape index (κ3) is 11.6. The Morgan fingerprint density at radius 3 is 2.27 bits per heavy atom. The molecular weight excluding hydrogens is 1060 g/mol. The van der Waals surface area contributed by atoms with Gasteiger partial charge in [-0.2, -0.15) is 0 Å². The molecule has 81 heavy (non-hydrogen) atoms. The number of nitrogens with zero attached hydrogens (tertiary/aromatic N) is 5. The monoisotopic (exact) mass is 1130 g/mol. The molecule has 0 unspecified atom stereocenters. The molecule has 2 aliphatic carbocycles. The summed E-state index contributed by atoms with van der Waals surface area (Å²) in [4.78, 5) is 75.3. The highest BCUT2D eigenvalue weighted by molar-refractivity contribution is 7.91. The first kappa shape index (κ1) is 55.7. The van der Waals surface area contributed by atoms with E-state index in [1.54, 1.807) is 25.0 Å². The summed E-state index contributed by atoms with van der Waals surface area (Å²) in [6.45, 7) is 10.2. The quantitative estimate of drug-likeness (QED) is 0.0877. The Morgan fingerprint density at radius 1 is 0.864 bits per heavy atom. The number of hydrogen-bond acceptors (Lipinski definition) is 13. The molecule has 18 heteroatoms. The predicted molar refractivity (Wildman–Crippen MR) is 315 cm³/mol. The molecular formula is C63H72N8O8S2. The van der Waals surface area contributed by atoms with Crippen LogP contribution in [0.2, 0.25) is 0 Å². The number of thiazole rings is 1. The van der Waals surface area contributed by atoms with Gasteiger partial charge in [0.05, 0.1) is 35.7 Å². The average Bonchev–Trinajstić information content (AvgIpc) is 4.35. The Bertz CT molecular complexity index is 3430. The molecule has 2 saturated carbocycles. The highest BCUT2D eigenvalue weighted by Gasteiger charge is 2.63. The number of benzene rings is 4. The number of aryl methyl sites for hydroxylation is 1. The molecule has 424 valence electrons. The minimum Gasteiger partial charge on any atom is -0.496 e. The Labute approximate surface area is 478 Å². The number of carbonyl (C=O) groups is 4. The summed E-state index contributed by atoms with van der Waals surface area (Å²) in [7, 11) is -2.43. The van der Waals surface area contributed by atoms with E-state index in [4.69, 9.17) is 19.4 Å². The zero-order valence-electron chi connectivity index (χ0n) is 46.7. The van der Waals surface area contributed by atoms with Crippen molar-refractivity contribution in [3.8, 4) is 22.2 Å². The number of rotatable bonds is 14. The van der Waals surface area contributed by atoms with E-state index in [9.17, 15) is 18.0 Å². The molecule has 5 heterocycles. The van der Waals surface area contributed by atoms with Gasteiger partial charge in [0.1, 0.15) is 45.9 Å². The fourth-order valence-electron chi connectivity index (χ4n) is 11.8. The van der Waals surface area contributed by atoms with Crippen LogP contribution in [0.1, 0.15) is 123 Å². The van der Waals surface area contributed by atoms with Gasteiger partial charge in [0.15, 0.2) is 0 Å². The lowest BCUT2D eigenvalue weighted by atomic mass is 9.96. The SMILES string of the molecule is COc1ccc2c(O[C@@H]3C[C@H]4C(=O)N[C@]5(C(=O)NS(=O)(=O)C6(C)CC6)C[C@H]5/C=C\CCCCC[C@H](Nc5cccc(C(=O)N6CCN(C(c7ccccc7)c7ccccc7)CC6)c5)C(=O)N4C3)cc(-c3nc(C(C)C)cs3)nc2c1C. The number of nitrogens with one attached hydrogen (secondary N) is 3. The van der Waals surface area contributed by atoms with Crippen molar-refractivity contribution in [2.75, 3.05) is 45.2 Å². The van der Waals surface area contributed by atoms with Crippen LogP contribution >= 0.6 is 11.3 Å². The van der Waals surface area contributed by atoms with Crippen LogP contribution in [0.4, 0.5) is 5.69 Å². The van der Waals surface area contributed by atoms with Crippen LogP contribution in [0.15, 0.2) is 121 Å². The number of carbonyl (C=O) groups excluding carboxylic acids is 4. The Kier molecular flexibility index (Phi) is 15.8. The summed E-state index contributed by atoms with van der Waals surface area (Å²) in [5, 5.41) is 10.0. The average molecular weight is 1130 g/mol. The van der Waals surface area contributed by atoms with Crippen molar-refractivity contribution in [1.29, 1.82) is 0 Å². The second kappa shape index (κ2) is 23.0. The lowest BCUT2D eigenvalue weighted by Gasteiger charge is -2.40. The van der Waals surface area contributed by atoms with Gasteiger partial charge in [0.2, 0.25) is 21.8 Å². The number of pyridine rings is 1. The second-order valence-corrected chi connectivity index (χ2v) is 26.1. The van der Waals surface area contributed by atoms with Crippen LogP contribution in [-0.2, 0) is 24.4 Å². The topological polar surface area (TPSA) is 192 Å². The van der Waals surface area contributed by atoms with Gasteiger partial charge in [-0.05, 0) is 99.7 Å². The fraction of sp³-hybridized carbons (Fsp3) is 0.429. The van der Waals surface area contributed by atoms with Gasteiger partial charge in [-0.25, -0.2) is 18.4 Å². The van der Waals surface area contributed by atoms with Gasteiger partial charge in [0.25, 0.3) is 11.8 Å². The van der Waals surface area contributed by atoms with Crippen molar-refractivity contribution >= 4 is 61.6 Å². The molecule has 5 atom stereocenters. The number of anilines is 1. The number of aromatic nitrogens is 2. The second-order valence-electron chi connectivity index (χ2n) is 23.1. The lowest BCUT2D eigenvalue weighted by molar-refractivity contribution is -0.140. The summed E-state index contributed by atoms with van der Waals surface area (Å²) in [5.74, 6) is -0.904. The van der Waals surface area contributed by atoms with Crippen LogP contribution in [0, 0.1) is 12.8 Å². The Balaban J connectivity index is 0.880. The molecule has 3 aliphatic heterocycles. The maximum absolute atomic E-state index is 15.6. The van der Waals surface area contributed by atoms with Gasteiger partial charge in [-0.15, -0.1) is 11.3 Å². The molecule has 3 N–H and O–H groups in total. The highest BCUT2D eigenvalue weighted by atomic mass is 32.2. The van der Waals surface area contributed by atoms with Gasteiger partial charge < -0.3 is 29.9 Å². The van der Waals surface area contributed by atoms with Crippen molar-refractivity contribution in [3.63, 3.8) is 0 Å². The summed E-state index contributed by atoms with van der Waals surface area (Å²) >= 11 is 1.49. The molecule has 4 aromatic carbocycles. The minimum absolute atomic E-state index is 0.0211. The molecule has 0 radical (unpaired) electrons. The van der Waals surface area contributed by atoms with Crippen LogP contribution < -0.4 is 24.8 Å². The van der Waals surface area contributed by atoms with Gasteiger partial charge >= 0.3 is 0 Å². The number of sulfonamides is 1. The van der Waals surface area contributed by atoms with Crippen LogP contribution in [0.25, 0.3) is 21.6 Å². The standard InChI is InChI=1S/C63H72N8O8S2/c1-40(2)51-39-80-58(66-51)50-36-54(48-26-27-53(78-5)41(3)55(48)65-50)79-47-35-52-57(72)67-63(61(75)68-81(76,77)62(4)28-29-62)37-45(63)23-15-7-6-8-16-25-49(60(74)71(52)38-47)64-46-24-17-22-44(34-46)59(73)70-32-30-69(31-33-70)56(42-18-11-9-12-19-42)43-20-13-10-14-21-43/h9-15,17-24,26-27,34,36,39-40,45,47,49,52,56,64H,6-8,16,25,28-33,35,37-38H2,1-5H3,(H,67,72)(H,68,75)/b23-15-/t45-,47-,49+,52+,63-/m1/s1. The lowest BCUT2D eigenvalue weighted by Crippen LogP contribution is -2.58. The van der Waals surface area contributed by atoms with Crippen LogP contribution in [0.3, 0.4) is 0 Å². The molecule has 0 spiro atoms. The van der Waals surface area contributed by atoms with Crippen molar-refractivity contribution in [1.82, 2.24) is 34.7 Å². The maximum atomic E-state index is 15.6. The van der Waals surface area contributed by atoms with E-state index in [0.717, 1.165) is 24.1 Å². The molecule has 2 saturated heterocycles. The van der Waals surface area contributed by atoms with Crippen LogP contribution in [0.5, 0.6) is 11.5 Å². The van der Waals surface area contributed by atoms with Crippen molar-refractivity contribution < 1.29 is 37.1 Å². The number of methoxy groups -OCH3 is 1. The smallest absolute Gasteiger partial charge is 0.259 e. The molecule has 6 aromatic rings. The molecule has 11 rings (SSSR count). The first-order valence-corrected chi connectivity index (χ1v) is 30.9. The molecule has 4 amide bonds. The van der Waals surface area contributed by atoms with Crippen molar-refractivity contribution in [3.05, 3.63) is 149 Å². The number of hydrogen-bond donors (Lipinski definition) is 3. The summed E-state index contributed by atoms with van der Waals surface area (Å²) in [6.07, 6.45) is 7.77. The first-order chi connectivity index (χ1) is 39.0. The number of fused-ring (bicyclic) bond motifs is 3. The number of piperazine rings is 1. The first-order valence-electron chi connectivity index (χ1n) is 28.5. The maximum Gasteiger partial charge on any atom is 0.259 e. The number of amides is 4. The summed E-state index contributed by atoms with van der Waals surface area (Å²) in [6, 6.07) is 32.0. The normalized spacial score (nSPS) is 23.6.